The van der Waals surface area contributed by atoms with Gasteiger partial charge in [-0.25, -0.2) is 4.98 Å². The number of aliphatic carboxylic acids is 1. The van der Waals surface area contributed by atoms with Gasteiger partial charge in [0.15, 0.2) is 5.76 Å². The zero-order chi connectivity index (χ0) is 13.9. The molecule has 100 valence electrons. The molecule has 1 heterocycles. The third-order valence-corrected chi connectivity index (χ3v) is 2.83. The fraction of sp³-hybridized carbons (Fsp3) is 0.286. The minimum absolute atomic E-state index is 0.270. The van der Waals surface area contributed by atoms with Crippen molar-refractivity contribution in [3.63, 3.8) is 0 Å². The molecule has 1 aromatic carbocycles. The van der Waals surface area contributed by atoms with Crippen LogP contribution in [0.5, 0.6) is 0 Å². The van der Waals surface area contributed by atoms with E-state index >= 15 is 0 Å². The summed E-state index contributed by atoms with van der Waals surface area (Å²) in [6, 6.07) is 9.63. The van der Waals surface area contributed by atoms with Crippen LogP contribution >= 0.6 is 0 Å². The molecule has 0 aliphatic rings. The zero-order valence-electron chi connectivity index (χ0n) is 10.9. The first kappa shape index (κ1) is 13.3. The van der Waals surface area contributed by atoms with Crippen LogP contribution in [0.4, 0.5) is 0 Å². The Balaban J connectivity index is 2.05. The number of carbonyl (C=O) groups is 1. The first-order valence-electron chi connectivity index (χ1n) is 5.97. The molecule has 19 heavy (non-hydrogen) atoms. The van der Waals surface area contributed by atoms with Gasteiger partial charge < -0.3 is 9.52 Å². The second kappa shape index (κ2) is 5.24. The van der Waals surface area contributed by atoms with Crippen LogP contribution in [0.15, 0.2) is 40.9 Å². The molecule has 0 fully saturated rings. The minimum atomic E-state index is -1.01. The third kappa shape index (κ3) is 3.20. The Bertz CT molecular complexity index is 561. The number of rotatable bonds is 5. The predicted molar refractivity (Wildman–Crippen MR) is 70.5 cm³/mol. The molecule has 0 radical (unpaired) electrons. The molecule has 0 aliphatic carbocycles. The number of nitrogens with one attached hydrogen (secondary N) is 1. The summed E-state index contributed by atoms with van der Waals surface area (Å²) in [7, 11) is 0. The lowest BCUT2D eigenvalue weighted by atomic mass is 10.1. The van der Waals surface area contributed by atoms with E-state index in [0.29, 0.717) is 11.7 Å². The highest BCUT2D eigenvalue weighted by atomic mass is 16.4. The normalized spacial score (nSPS) is 11.5. The summed E-state index contributed by atoms with van der Waals surface area (Å²) in [5.41, 5.74) is -0.0692. The number of benzene rings is 1. The second-order valence-electron chi connectivity index (χ2n) is 4.77. The highest BCUT2D eigenvalue weighted by Crippen LogP contribution is 2.19. The number of carboxylic acid groups (broad SMARTS) is 1. The number of hydrogen-bond acceptors (Lipinski definition) is 4. The Morgan fingerprint density at radius 3 is 2.68 bits per heavy atom. The maximum atomic E-state index is 11.0. The SMILES string of the molecule is CC(C)(NCc1ncc(-c2ccccc2)o1)C(=O)O. The molecule has 2 rings (SSSR count). The van der Waals surface area contributed by atoms with E-state index in [1.807, 2.05) is 30.3 Å². The van der Waals surface area contributed by atoms with Crippen LogP contribution in [0.3, 0.4) is 0 Å². The van der Waals surface area contributed by atoms with Gasteiger partial charge in [0.05, 0.1) is 12.7 Å². The molecule has 2 N–H and O–H groups in total. The lowest BCUT2D eigenvalue weighted by Crippen LogP contribution is -2.46. The Kier molecular flexibility index (Phi) is 3.66. The monoisotopic (exact) mass is 260 g/mol. The van der Waals surface area contributed by atoms with Gasteiger partial charge in [-0.05, 0) is 13.8 Å². The van der Waals surface area contributed by atoms with E-state index in [1.165, 1.54) is 0 Å². The van der Waals surface area contributed by atoms with Gasteiger partial charge in [0, 0.05) is 5.56 Å². The van der Waals surface area contributed by atoms with Crippen LogP contribution in [-0.2, 0) is 11.3 Å². The molecule has 0 saturated carbocycles. The van der Waals surface area contributed by atoms with Crippen LogP contribution in [0, 0.1) is 0 Å². The molecule has 0 atom stereocenters. The molecule has 0 aliphatic heterocycles. The molecule has 0 spiro atoms. The lowest BCUT2D eigenvalue weighted by molar-refractivity contribution is -0.143. The molecule has 0 amide bonds. The van der Waals surface area contributed by atoms with Gasteiger partial charge >= 0.3 is 5.97 Å². The van der Waals surface area contributed by atoms with Crippen LogP contribution < -0.4 is 5.32 Å². The van der Waals surface area contributed by atoms with Crippen molar-refractivity contribution in [2.75, 3.05) is 0 Å². The van der Waals surface area contributed by atoms with Gasteiger partial charge in [0.25, 0.3) is 0 Å². The highest BCUT2D eigenvalue weighted by molar-refractivity contribution is 5.77. The number of aromatic nitrogens is 1. The summed E-state index contributed by atoms with van der Waals surface area (Å²) in [6.07, 6.45) is 1.64. The maximum absolute atomic E-state index is 11.0. The molecular weight excluding hydrogens is 244 g/mol. The van der Waals surface area contributed by atoms with Gasteiger partial charge in [-0.1, -0.05) is 30.3 Å². The first-order valence-corrected chi connectivity index (χ1v) is 5.97. The number of nitrogens with zero attached hydrogens (tertiary/aromatic N) is 1. The summed E-state index contributed by atoms with van der Waals surface area (Å²) in [6.45, 7) is 3.46. The van der Waals surface area contributed by atoms with Crippen molar-refractivity contribution in [1.82, 2.24) is 10.3 Å². The van der Waals surface area contributed by atoms with Gasteiger partial charge in [0.2, 0.25) is 5.89 Å². The van der Waals surface area contributed by atoms with Crippen LogP contribution in [-0.4, -0.2) is 21.6 Å². The molecule has 0 saturated heterocycles. The summed E-state index contributed by atoms with van der Waals surface area (Å²) < 4.78 is 5.58. The van der Waals surface area contributed by atoms with E-state index in [-0.39, 0.29) is 6.54 Å². The molecule has 0 unspecified atom stereocenters. The smallest absolute Gasteiger partial charge is 0.323 e. The molecule has 1 aromatic heterocycles. The fourth-order valence-corrected chi connectivity index (χ4v) is 1.50. The summed E-state index contributed by atoms with van der Waals surface area (Å²) >= 11 is 0. The molecular formula is C14H16N2O3. The van der Waals surface area contributed by atoms with Crippen molar-refractivity contribution in [3.8, 4) is 11.3 Å². The van der Waals surface area contributed by atoms with Gasteiger partial charge in [-0.15, -0.1) is 0 Å². The zero-order valence-corrected chi connectivity index (χ0v) is 10.9. The van der Waals surface area contributed by atoms with Crippen LogP contribution in [0.1, 0.15) is 19.7 Å². The Labute approximate surface area is 111 Å². The Morgan fingerprint density at radius 1 is 1.37 bits per heavy atom. The molecule has 0 bridgehead atoms. The third-order valence-electron chi connectivity index (χ3n) is 2.83. The van der Waals surface area contributed by atoms with E-state index in [4.69, 9.17) is 9.52 Å². The standard InChI is InChI=1S/C14H16N2O3/c1-14(2,13(17)18)16-9-12-15-8-11(19-12)10-6-4-3-5-7-10/h3-8,16H,9H2,1-2H3,(H,17,18). The van der Waals surface area contributed by atoms with E-state index in [2.05, 4.69) is 10.3 Å². The van der Waals surface area contributed by atoms with Gasteiger partial charge in [-0.3, -0.25) is 10.1 Å². The highest BCUT2D eigenvalue weighted by Gasteiger charge is 2.26. The quantitative estimate of drug-likeness (QED) is 0.862. The summed E-state index contributed by atoms with van der Waals surface area (Å²) in [5, 5.41) is 11.9. The van der Waals surface area contributed by atoms with Crippen molar-refractivity contribution in [3.05, 3.63) is 42.4 Å². The Hall–Kier alpha value is -2.14. The van der Waals surface area contributed by atoms with Crippen LogP contribution in [0.2, 0.25) is 0 Å². The largest absolute Gasteiger partial charge is 0.480 e. The topological polar surface area (TPSA) is 75.4 Å². The maximum Gasteiger partial charge on any atom is 0.323 e. The first-order chi connectivity index (χ1) is 8.99. The average molecular weight is 260 g/mol. The van der Waals surface area contributed by atoms with Crippen molar-refractivity contribution in [2.45, 2.75) is 25.9 Å². The summed E-state index contributed by atoms with van der Waals surface area (Å²) in [4.78, 5) is 15.1. The summed E-state index contributed by atoms with van der Waals surface area (Å²) in [5.74, 6) is 0.223. The fourth-order valence-electron chi connectivity index (χ4n) is 1.50. The number of carboxylic acids is 1. The van der Waals surface area contributed by atoms with Crippen LogP contribution in [0.25, 0.3) is 11.3 Å². The number of hydrogen-bond donors (Lipinski definition) is 2. The lowest BCUT2D eigenvalue weighted by Gasteiger charge is -2.19. The second-order valence-corrected chi connectivity index (χ2v) is 4.77. The minimum Gasteiger partial charge on any atom is -0.480 e. The van der Waals surface area contributed by atoms with Crippen molar-refractivity contribution in [2.24, 2.45) is 0 Å². The van der Waals surface area contributed by atoms with Gasteiger partial charge in [-0.2, -0.15) is 0 Å². The van der Waals surface area contributed by atoms with E-state index in [9.17, 15) is 4.79 Å². The van der Waals surface area contributed by atoms with Crippen molar-refractivity contribution in [1.29, 1.82) is 0 Å². The van der Waals surface area contributed by atoms with E-state index < -0.39 is 11.5 Å². The van der Waals surface area contributed by atoms with E-state index in [1.54, 1.807) is 20.0 Å². The molecule has 5 nitrogen and oxygen atoms in total. The van der Waals surface area contributed by atoms with E-state index in [0.717, 1.165) is 5.56 Å². The predicted octanol–water partition coefficient (Wildman–Crippen LogP) is 2.29. The number of oxazole rings is 1. The molecule has 2 aromatic rings. The Morgan fingerprint density at radius 2 is 2.05 bits per heavy atom. The average Bonchev–Trinajstić information content (AvgIpc) is 2.86. The van der Waals surface area contributed by atoms with Gasteiger partial charge in [0.1, 0.15) is 5.54 Å². The van der Waals surface area contributed by atoms with Crippen molar-refractivity contribution >= 4 is 5.97 Å². The van der Waals surface area contributed by atoms with Crippen molar-refractivity contribution < 1.29 is 14.3 Å². The molecule has 5 heteroatoms.